The van der Waals surface area contributed by atoms with Crippen molar-refractivity contribution in [1.29, 1.82) is 0 Å². The van der Waals surface area contributed by atoms with Crippen molar-refractivity contribution in [1.82, 2.24) is 9.97 Å². The molecular weight excluding hydrogens is 454 g/mol. The third-order valence-corrected chi connectivity index (χ3v) is 6.59. The molecule has 0 saturated heterocycles. The second-order valence-corrected chi connectivity index (χ2v) is 10.00. The number of carbonyl (C=O) groups is 1. The summed E-state index contributed by atoms with van der Waals surface area (Å²) in [7, 11) is -2.93. The fraction of sp³-hybridized carbons (Fsp3) is 0.292. The number of aromatic nitrogens is 2. The first-order valence-electron chi connectivity index (χ1n) is 10.8. The smallest absolute Gasteiger partial charge is 0.442 e. The standard InChI is InChI=1S/C24H29N5O4S/c1-5-33-24(31)29-34(4,32)19-12-10-18(11-13-19)27-23-25-14-21(20-9-7-6-8-16(20)2)22(28-23)26-17(3)15-30/h6-14,17,30H,5,15H2,1-4H3,(H2,25,26,27,28)/t17-,34?/m1/s1. The van der Waals surface area contributed by atoms with Gasteiger partial charge in [0.25, 0.3) is 0 Å². The number of nitrogens with one attached hydrogen (secondary N) is 2. The molecule has 0 aliphatic carbocycles. The van der Waals surface area contributed by atoms with Gasteiger partial charge >= 0.3 is 6.09 Å². The Morgan fingerprint density at radius 2 is 1.88 bits per heavy atom. The van der Waals surface area contributed by atoms with Crippen molar-refractivity contribution in [2.45, 2.75) is 31.7 Å². The zero-order valence-corrected chi connectivity index (χ0v) is 20.4. The number of anilines is 3. The van der Waals surface area contributed by atoms with Gasteiger partial charge in [-0.05, 0) is 56.2 Å². The van der Waals surface area contributed by atoms with Crippen molar-refractivity contribution in [2.24, 2.45) is 4.36 Å². The summed E-state index contributed by atoms with van der Waals surface area (Å²) in [6, 6.07) is 14.4. The Bertz CT molecular complexity index is 1270. The average Bonchev–Trinajstić information content (AvgIpc) is 2.80. The summed E-state index contributed by atoms with van der Waals surface area (Å²) in [4.78, 5) is 21.1. The van der Waals surface area contributed by atoms with Gasteiger partial charge in [0.15, 0.2) is 0 Å². The number of aryl methyl sites for hydroxylation is 1. The maximum absolute atomic E-state index is 12.8. The topological polar surface area (TPSA) is 126 Å². The van der Waals surface area contributed by atoms with E-state index in [0.29, 0.717) is 22.3 Å². The van der Waals surface area contributed by atoms with Gasteiger partial charge in [-0.3, -0.25) is 0 Å². The molecule has 0 fully saturated rings. The first kappa shape index (κ1) is 25.1. The molecular formula is C24H29N5O4S. The number of rotatable bonds is 8. The van der Waals surface area contributed by atoms with Gasteiger partial charge in [0, 0.05) is 34.6 Å². The van der Waals surface area contributed by atoms with Gasteiger partial charge in [0.1, 0.15) is 5.82 Å². The van der Waals surface area contributed by atoms with Crippen LogP contribution in [0.5, 0.6) is 0 Å². The zero-order chi connectivity index (χ0) is 24.7. The van der Waals surface area contributed by atoms with Crippen molar-refractivity contribution in [3.63, 3.8) is 0 Å². The molecule has 3 N–H and O–H groups in total. The fourth-order valence-corrected chi connectivity index (χ4v) is 4.25. The summed E-state index contributed by atoms with van der Waals surface area (Å²) < 4.78 is 21.2. The Morgan fingerprint density at radius 1 is 1.18 bits per heavy atom. The molecule has 1 aromatic heterocycles. The van der Waals surface area contributed by atoms with Gasteiger partial charge in [-0.15, -0.1) is 4.36 Å². The molecule has 0 spiro atoms. The van der Waals surface area contributed by atoms with E-state index >= 15 is 0 Å². The molecule has 2 aromatic carbocycles. The van der Waals surface area contributed by atoms with Crippen LogP contribution < -0.4 is 10.6 Å². The lowest BCUT2D eigenvalue weighted by Crippen LogP contribution is -2.21. The number of ether oxygens (including phenoxy) is 1. The third kappa shape index (κ3) is 6.30. The minimum absolute atomic E-state index is 0.0470. The Hall–Kier alpha value is -3.50. The Kier molecular flexibility index (Phi) is 8.19. The van der Waals surface area contributed by atoms with Crippen LogP contribution in [0.3, 0.4) is 0 Å². The summed E-state index contributed by atoms with van der Waals surface area (Å²) in [5.41, 5.74) is 3.57. The molecule has 0 saturated carbocycles. The zero-order valence-electron chi connectivity index (χ0n) is 19.6. The van der Waals surface area contributed by atoms with Crippen LogP contribution >= 0.6 is 0 Å². The second-order valence-electron chi connectivity index (χ2n) is 7.74. The van der Waals surface area contributed by atoms with Crippen LogP contribution in [0, 0.1) is 6.92 Å². The van der Waals surface area contributed by atoms with Gasteiger partial charge in [-0.2, -0.15) is 4.98 Å². The Balaban J connectivity index is 1.88. The first-order valence-corrected chi connectivity index (χ1v) is 12.7. The molecule has 3 rings (SSSR count). The molecule has 9 nitrogen and oxygen atoms in total. The minimum atomic E-state index is -2.93. The maximum atomic E-state index is 12.8. The van der Waals surface area contributed by atoms with Crippen LogP contribution in [0.1, 0.15) is 19.4 Å². The molecule has 0 radical (unpaired) electrons. The summed E-state index contributed by atoms with van der Waals surface area (Å²) in [5.74, 6) is 0.945. The highest BCUT2D eigenvalue weighted by atomic mass is 32.2. The lowest BCUT2D eigenvalue weighted by atomic mass is 10.0. The predicted octanol–water partition coefficient (Wildman–Crippen LogP) is 4.60. The maximum Gasteiger partial charge on any atom is 0.442 e. The first-order chi connectivity index (χ1) is 16.2. The Morgan fingerprint density at radius 3 is 2.53 bits per heavy atom. The molecule has 2 atom stereocenters. The van der Waals surface area contributed by atoms with E-state index in [2.05, 4.69) is 25.0 Å². The molecule has 0 aliphatic rings. The lowest BCUT2D eigenvalue weighted by molar-refractivity contribution is 0.164. The molecule has 3 aromatic rings. The third-order valence-electron chi connectivity index (χ3n) is 4.95. The minimum Gasteiger partial charge on any atom is -0.448 e. The van der Waals surface area contributed by atoms with Crippen molar-refractivity contribution in [3.05, 3.63) is 60.3 Å². The van der Waals surface area contributed by atoms with Crippen molar-refractivity contribution < 1.29 is 18.8 Å². The molecule has 10 heteroatoms. The number of amides is 1. The molecule has 0 bridgehead atoms. The number of benzene rings is 2. The number of aliphatic hydroxyl groups excluding tert-OH is 1. The number of carbonyl (C=O) groups excluding carboxylic acids is 1. The largest absolute Gasteiger partial charge is 0.448 e. The van der Waals surface area contributed by atoms with E-state index in [0.717, 1.165) is 16.7 Å². The average molecular weight is 484 g/mol. The fourth-order valence-electron chi connectivity index (χ4n) is 3.17. The van der Waals surface area contributed by atoms with E-state index in [1.54, 1.807) is 37.4 Å². The van der Waals surface area contributed by atoms with Crippen LogP contribution in [-0.4, -0.2) is 50.9 Å². The van der Waals surface area contributed by atoms with Crippen LogP contribution in [0.2, 0.25) is 0 Å². The van der Waals surface area contributed by atoms with E-state index in [4.69, 9.17) is 4.74 Å². The van der Waals surface area contributed by atoms with Crippen LogP contribution in [0.25, 0.3) is 11.1 Å². The highest BCUT2D eigenvalue weighted by Crippen LogP contribution is 2.30. The van der Waals surface area contributed by atoms with Crippen LogP contribution in [0.4, 0.5) is 22.2 Å². The van der Waals surface area contributed by atoms with E-state index < -0.39 is 15.8 Å². The Labute approximate surface area is 199 Å². The molecule has 0 aliphatic heterocycles. The molecule has 1 amide bonds. The number of nitrogens with zero attached hydrogens (tertiary/aromatic N) is 3. The van der Waals surface area contributed by atoms with Crippen LogP contribution in [0.15, 0.2) is 64.0 Å². The number of hydrogen-bond acceptors (Lipinski definition) is 8. The molecule has 1 unspecified atom stereocenters. The molecule has 34 heavy (non-hydrogen) atoms. The van der Waals surface area contributed by atoms with Gasteiger partial charge < -0.3 is 20.5 Å². The molecule has 1 heterocycles. The molecule has 180 valence electrons. The predicted molar refractivity (Wildman–Crippen MR) is 134 cm³/mol. The normalized spacial score (nSPS) is 13.4. The van der Waals surface area contributed by atoms with Crippen LogP contribution in [-0.2, 0) is 14.5 Å². The van der Waals surface area contributed by atoms with Gasteiger partial charge in [-0.1, -0.05) is 24.3 Å². The van der Waals surface area contributed by atoms with E-state index in [-0.39, 0.29) is 19.3 Å². The number of hydrogen-bond donors (Lipinski definition) is 3. The van der Waals surface area contributed by atoms with Gasteiger partial charge in [0.2, 0.25) is 5.95 Å². The summed E-state index contributed by atoms with van der Waals surface area (Å²) in [6.45, 7) is 5.65. The van der Waals surface area contributed by atoms with E-state index in [9.17, 15) is 14.1 Å². The summed E-state index contributed by atoms with van der Waals surface area (Å²) in [5, 5.41) is 15.9. The van der Waals surface area contributed by atoms with E-state index in [1.165, 1.54) is 6.26 Å². The monoisotopic (exact) mass is 483 g/mol. The highest BCUT2D eigenvalue weighted by molar-refractivity contribution is 7.93. The SMILES string of the molecule is CCOC(=O)N=S(C)(=O)c1ccc(Nc2ncc(-c3ccccc3C)c(N[C@H](C)CO)n2)cc1. The van der Waals surface area contributed by atoms with Crippen molar-refractivity contribution >= 4 is 33.3 Å². The summed E-state index contributed by atoms with van der Waals surface area (Å²) >= 11 is 0. The second kappa shape index (κ2) is 11.1. The summed E-state index contributed by atoms with van der Waals surface area (Å²) in [6.07, 6.45) is 2.27. The van der Waals surface area contributed by atoms with Crippen molar-refractivity contribution in [3.8, 4) is 11.1 Å². The highest BCUT2D eigenvalue weighted by Gasteiger charge is 2.14. The van der Waals surface area contributed by atoms with Gasteiger partial charge in [0.05, 0.1) is 22.9 Å². The quantitative estimate of drug-likeness (QED) is 0.424. The lowest BCUT2D eigenvalue weighted by Gasteiger charge is -2.17. The van der Waals surface area contributed by atoms with Gasteiger partial charge in [-0.25, -0.2) is 14.0 Å². The number of aliphatic hydroxyl groups is 1. The van der Waals surface area contributed by atoms with Crippen molar-refractivity contribution in [2.75, 3.05) is 30.1 Å². The van der Waals surface area contributed by atoms with E-state index in [1.807, 2.05) is 38.1 Å².